The van der Waals surface area contributed by atoms with Crippen LogP contribution in [0.25, 0.3) is 0 Å². The second kappa shape index (κ2) is 6.32. The van der Waals surface area contributed by atoms with Crippen molar-refractivity contribution in [2.75, 3.05) is 26.3 Å². The number of piperidine rings is 1. The number of aromatic nitrogens is 2. The molecule has 3 fully saturated rings. The van der Waals surface area contributed by atoms with Crippen molar-refractivity contribution < 1.29 is 4.74 Å². The summed E-state index contributed by atoms with van der Waals surface area (Å²) in [4.78, 5) is 10.8. The van der Waals surface area contributed by atoms with E-state index >= 15 is 0 Å². The number of rotatable bonds is 4. The molecule has 2 aliphatic heterocycles. The van der Waals surface area contributed by atoms with Crippen LogP contribution < -0.4 is 0 Å². The average Bonchev–Trinajstić information content (AvgIpc) is 3.24. The first kappa shape index (κ1) is 14.7. The molecule has 4 rings (SSSR count). The molecule has 0 aromatic carbocycles. The van der Waals surface area contributed by atoms with E-state index in [1.165, 1.54) is 69.6 Å². The third-order valence-electron chi connectivity index (χ3n) is 5.96. The fourth-order valence-corrected chi connectivity index (χ4v) is 4.74. The summed E-state index contributed by atoms with van der Waals surface area (Å²) < 4.78 is 5.67. The minimum absolute atomic E-state index is 0.449. The molecular formula is C18H29N3O. The van der Waals surface area contributed by atoms with Crippen molar-refractivity contribution in [2.45, 2.75) is 57.9 Å². The summed E-state index contributed by atoms with van der Waals surface area (Å²) in [5.74, 6) is 2.07. The Balaban J connectivity index is 1.33. The van der Waals surface area contributed by atoms with E-state index in [0.29, 0.717) is 5.41 Å². The summed E-state index contributed by atoms with van der Waals surface area (Å²) in [6.45, 7) is 5.38. The highest BCUT2D eigenvalue weighted by molar-refractivity contribution is 5.03. The Bertz CT molecular complexity index is 486. The lowest BCUT2D eigenvalue weighted by atomic mass is 9.79. The maximum Gasteiger partial charge on any atom is 0.106 e. The Morgan fingerprint density at radius 1 is 1.27 bits per heavy atom. The molecule has 22 heavy (non-hydrogen) atoms. The minimum Gasteiger partial charge on any atom is -0.381 e. The molecule has 2 saturated heterocycles. The van der Waals surface area contributed by atoms with Gasteiger partial charge in [-0.2, -0.15) is 0 Å². The van der Waals surface area contributed by atoms with Crippen LogP contribution in [0.15, 0.2) is 6.20 Å². The first-order chi connectivity index (χ1) is 10.8. The van der Waals surface area contributed by atoms with Crippen molar-refractivity contribution in [3.05, 3.63) is 17.7 Å². The number of H-pyrrole nitrogens is 1. The van der Waals surface area contributed by atoms with E-state index < -0.39 is 0 Å². The number of ether oxygens (including phenoxy) is 1. The molecule has 0 bridgehead atoms. The van der Waals surface area contributed by atoms with Crippen molar-refractivity contribution in [2.24, 2.45) is 11.3 Å². The Kier molecular flexibility index (Phi) is 4.23. The van der Waals surface area contributed by atoms with Gasteiger partial charge < -0.3 is 9.72 Å². The van der Waals surface area contributed by atoms with Crippen LogP contribution in [0.4, 0.5) is 0 Å². The highest BCUT2D eigenvalue weighted by atomic mass is 16.5. The number of hydrogen-bond acceptors (Lipinski definition) is 3. The summed E-state index contributed by atoms with van der Waals surface area (Å²) >= 11 is 0. The van der Waals surface area contributed by atoms with Crippen LogP contribution in [0.1, 0.15) is 56.5 Å². The molecule has 1 N–H and O–H groups in total. The SMILES string of the molecule is c1nc(CC2CCCC2)[nH]c1CN1CCC[C@@]2(CCOC2)C1. The van der Waals surface area contributed by atoms with Crippen LogP contribution in [0.2, 0.25) is 0 Å². The topological polar surface area (TPSA) is 41.2 Å². The van der Waals surface area contributed by atoms with E-state index in [1.54, 1.807) is 0 Å². The second-order valence-electron chi connectivity index (χ2n) is 7.83. The molecule has 4 nitrogen and oxygen atoms in total. The van der Waals surface area contributed by atoms with Gasteiger partial charge in [0.15, 0.2) is 0 Å². The lowest BCUT2D eigenvalue weighted by molar-refractivity contribution is 0.0639. The Hall–Kier alpha value is -0.870. The van der Waals surface area contributed by atoms with Crippen molar-refractivity contribution in [1.29, 1.82) is 0 Å². The normalized spacial score (nSPS) is 30.5. The van der Waals surface area contributed by atoms with Crippen molar-refractivity contribution in [3.8, 4) is 0 Å². The molecule has 3 heterocycles. The number of nitrogens with one attached hydrogen (secondary N) is 1. The van der Waals surface area contributed by atoms with Gasteiger partial charge in [0, 0.05) is 43.4 Å². The van der Waals surface area contributed by atoms with Gasteiger partial charge in [0.05, 0.1) is 6.61 Å². The Labute approximate surface area is 133 Å². The predicted octanol–water partition coefficient (Wildman–Crippen LogP) is 3.14. The minimum atomic E-state index is 0.449. The zero-order valence-corrected chi connectivity index (χ0v) is 13.6. The van der Waals surface area contributed by atoms with Gasteiger partial charge in [-0.25, -0.2) is 4.98 Å². The quantitative estimate of drug-likeness (QED) is 0.929. The van der Waals surface area contributed by atoms with Crippen LogP contribution in [0.3, 0.4) is 0 Å². The highest BCUT2D eigenvalue weighted by Gasteiger charge is 2.38. The van der Waals surface area contributed by atoms with E-state index in [4.69, 9.17) is 4.74 Å². The van der Waals surface area contributed by atoms with Crippen LogP contribution in [0, 0.1) is 11.3 Å². The van der Waals surface area contributed by atoms with Crippen molar-refractivity contribution >= 4 is 0 Å². The average molecular weight is 303 g/mol. The van der Waals surface area contributed by atoms with Crippen molar-refractivity contribution in [3.63, 3.8) is 0 Å². The summed E-state index contributed by atoms with van der Waals surface area (Å²) in [7, 11) is 0. The molecule has 3 aliphatic rings. The summed E-state index contributed by atoms with van der Waals surface area (Å²) in [6, 6.07) is 0. The third kappa shape index (κ3) is 3.23. The van der Waals surface area contributed by atoms with Gasteiger partial charge in [-0.15, -0.1) is 0 Å². The van der Waals surface area contributed by atoms with Gasteiger partial charge in [0.1, 0.15) is 5.82 Å². The number of aromatic amines is 1. The molecule has 0 amide bonds. The number of hydrogen-bond donors (Lipinski definition) is 1. The van der Waals surface area contributed by atoms with Crippen LogP contribution in [0.5, 0.6) is 0 Å². The lowest BCUT2D eigenvalue weighted by Crippen LogP contribution is -2.43. The molecule has 1 atom stereocenters. The van der Waals surface area contributed by atoms with Crippen molar-refractivity contribution in [1.82, 2.24) is 14.9 Å². The zero-order chi connectivity index (χ0) is 14.8. The maximum atomic E-state index is 5.67. The van der Waals surface area contributed by atoms with E-state index in [-0.39, 0.29) is 0 Å². The predicted molar refractivity (Wildman–Crippen MR) is 86.6 cm³/mol. The fourth-order valence-electron chi connectivity index (χ4n) is 4.74. The van der Waals surface area contributed by atoms with Crippen LogP contribution in [-0.4, -0.2) is 41.2 Å². The van der Waals surface area contributed by atoms with Crippen LogP contribution in [-0.2, 0) is 17.7 Å². The first-order valence-corrected chi connectivity index (χ1v) is 9.14. The molecule has 122 valence electrons. The van der Waals surface area contributed by atoms with E-state index in [0.717, 1.165) is 32.1 Å². The summed E-state index contributed by atoms with van der Waals surface area (Å²) in [5.41, 5.74) is 1.74. The smallest absolute Gasteiger partial charge is 0.106 e. The molecule has 1 saturated carbocycles. The first-order valence-electron chi connectivity index (χ1n) is 9.14. The van der Waals surface area contributed by atoms with Gasteiger partial charge >= 0.3 is 0 Å². The number of imidazole rings is 1. The molecule has 1 aliphatic carbocycles. The molecule has 1 aromatic rings. The Morgan fingerprint density at radius 2 is 2.18 bits per heavy atom. The fraction of sp³-hybridized carbons (Fsp3) is 0.833. The lowest BCUT2D eigenvalue weighted by Gasteiger charge is -2.39. The Morgan fingerprint density at radius 3 is 3.00 bits per heavy atom. The molecule has 4 heteroatoms. The summed E-state index contributed by atoms with van der Waals surface area (Å²) in [5, 5.41) is 0. The number of nitrogens with zero attached hydrogens (tertiary/aromatic N) is 2. The van der Waals surface area contributed by atoms with Crippen LogP contribution >= 0.6 is 0 Å². The van der Waals surface area contributed by atoms with E-state index in [2.05, 4.69) is 21.1 Å². The molecular weight excluding hydrogens is 274 g/mol. The van der Waals surface area contributed by atoms with Gasteiger partial charge in [0.2, 0.25) is 0 Å². The van der Waals surface area contributed by atoms with Gasteiger partial charge in [-0.3, -0.25) is 4.90 Å². The summed E-state index contributed by atoms with van der Waals surface area (Å²) in [6.07, 6.45) is 12.7. The zero-order valence-electron chi connectivity index (χ0n) is 13.6. The van der Waals surface area contributed by atoms with Gasteiger partial charge in [-0.05, 0) is 31.7 Å². The standard InChI is InChI=1S/C18H29N3O/c1-2-5-15(4-1)10-17-19-11-16(20-17)12-21-8-3-6-18(13-21)7-9-22-14-18/h11,15H,1-10,12-14H2,(H,19,20)/t18-/m1/s1. The molecule has 0 unspecified atom stereocenters. The second-order valence-corrected chi connectivity index (χ2v) is 7.83. The third-order valence-corrected chi connectivity index (χ3v) is 5.96. The monoisotopic (exact) mass is 303 g/mol. The highest BCUT2D eigenvalue weighted by Crippen LogP contribution is 2.38. The molecule has 1 aromatic heterocycles. The molecule has 1 spiro atoms. The largest absolute Gasteiger partial charge is 0.381 e. The maximum absolute atomic E-state index is 5.67. The number of likely N-dealkylation sites (tertiary alicyclic amines) is 1. The van der Waals surface area contributed by atoms with Gasteiger partial charge in [-0.1, -0.05) is 25.7 Å². The van der Waals surface area contributed by atoms with E-state index in [1.807, 2.05) is 0 Å². The van der Waals surface area contributed by atoms with Gasteiger partial charge in [0.25, 0.3) is 0 Å². The van der Waals surface area contributed by atoms with E-state index in [9.17, 15) is 0 Å². The molecule has 0 radical (unpaired) electrons.